The number of hydrogen-bond donors (Lipinski definition) is 0. The van der Waals surface area contributed by atoms with Gasteiger partial charge in [-0.1, -0.05) is 23.8 Å². The summed E-state index contributed by atoms with van der Waals surface area (Å²) >= 11 is 0. The highest BCUT2D eigenvalue weighted by Gasteiger charge is 2.37. The van der Waals surface area contributed by atoms with Crippen molar-refractivity contribution in [3.05, 3.63) is 86.8 Å². The number of rotatable bonds is 2. The van der Waals surface area contributed by atoms with Gasteiger partial charge in [0.1, 0.15) is 17.1 Å². The molecule has 0 radical (unpaired) electrons. The highest BCUT2D eigenvalue weighted by atomic mass is 16.7. The summed E-state index contributed by atoms with van der Waals surface area (Å²) in [7, 11) is 1.57. The van der Waals surface area contributed by atoms with Gasteiger partial charge in [0, 0.05) is 17.0 Å². The number of fused-ring (bicyclic) bond motifs is 3. The zero-order valence-electron chi connectivity index (χ0n) is 16.6. The molecule has 1 atom stereocenters. The molecule has 6 nitrogen and oxygen atoms in total. The summed E-state index contributed by atoms with van der Waals surface area (Å²) < 4.78 is 22.5. The molecular weight excluding hydrogens is 384 g/mol. The van der Waals surface area contributed by atoms with Gasteiger partial charge in [-0.2, -0.15) is 0 Å². The Morgan fingerprint density at radius 1 is 0.900 bits per heavy atom. The van der Waals surface area contributed by atoms with Crippen LogP contribution in [0.5, 0.6) is 5.75 Å². The topological polar surface area (TPSA) is 75.0 Å². The van der Waals surface area contributed by atoms with Gasteiger partial charge in [-0.3, -0.25) is 0 Å². The predicted molar refractivity (Wildman–Crippen MR) is 111 cm³/mol. The fourth-order valence-electron chi connectivity index (χ4n) is 3.87. The second-order valence-corrected chi connectivity index (χ2v) is 7.38. The van der Waals surface area contributed by atoms with Gasteiger partial charge >= 0.3 is 11.6 Å². The summed E-state index contributed by atoms with van der Waals surface area (Å²) in [6.45, 7) is 3.88. The molecule has 2 aliphatic rings. The lowest BCUT2D eigenvalue weighted by atomic mass is 9.94. The summed E-state index contributed by atoms with van der Waals surface area (Å²) in [6, 6.07) is 12.5. The first-order valence-electron chi connectivity index (χ1n) is 9.48. The highest BCUT2D eigenvalue weighted by Crippen LogP contribution is 2.41. The lowest BCUT2D eigenvalue weighted by Gasteiger charge is -2.32. The lowest BCUT2D eigenvalue weighted by Crippen LogP contribution is -2.33. The summed E-state index contributed by atoms with van der Waals surface area (Å²) in [5.74, 6) is 0.567. The van der Waals surface area contributed by atoms with E-state index in [1.807, 2.05) is 44.2 Å². The number of methoxy groups -OCH3 is 1. The molecule has 0 saturated carbocycles. The van der Waals surface area contributed by atoms with Crippen molar-refractivity contribution in [3.63, 3.8) is 0 Å². The van der Waals surface area contributed by atoms with Crippen LogP contribution in [0.2, 0.25) is 0 Å². The van der Waals surface area contributed by atoms with Crippen molar-refractivity contribution in [2.24, 2.45) is 0 Å². The average Bonchev–Trinajstić information content (AvgIpc) is 2.71. The zero-order valence-corrected chi connectivity index (χ0v) is 16.6. The predicted octanol–water partition coefficient (Wildman–Crippen LogP) is 4.13. The number of carbonyl (C=O) groups is 1. The molecule has 2 aliphatic heterocycles. The van der Waals surface area contributed by atoms with E-state index in [0.717, 1.165) is 16.7 Å². The van der Waals surface area contributed by atoms with Crippen LogP contribution in [0.1, 0.15) is 22.3 Å². The molecule has 2 aromatic carbocycles. The van der Waals surface area contributed by atoms with Crippen LogP contribution >= 0.6 is 0 Å². The standard InChI is InChI=1S/C24H18O6/c1-12-5-7-19-17(8-12)22(27-3)18-10-16(23(26)30-24(18)29-19)15-11-21(25)28-20-9-13(2)4-6-14(15)20/h4-11,24H,1-3H3. The number of esters is 1. The molecule has 30 heavy (non-hydrogen) atoms. The van der Waals surface area contributed by atoms with E-state index in [-0.39, 0.29) is 5.57 Å². The van der Waals surface area contributed by atoms with Crippen LogP contribution in [0, 0.1) is 13.8 Å². The fourth-order valence-corrected chi connectivity index (χ4v) is 3.87. The highest BCUT2D eigenvalue weighted by molar-refractivity contribution is 6.21. The maximum absolute atomic E-state index is 12.9. The van der Waals surface area contributed by atoms with Crippen molar-refractivity contribution in [3.8, 4) is 5.75 Å². The van der Waals surface area contributed by atoms with E-state index in [1.165, 1.54) is 6.07 Å². The Hall–Kier alpha value is -3.80. The fraction of sp³-hybridized carbons (Fsp3) is 0.167. The van der Waals surface area contributed by atoms with Gasteiger partial charge in [-0.05, 0) is 43.7 Å². The van der Waals surface area contributed by atoms with Crippen molar-refractivity contribution in [2.45, 2.75) is 20.1 Å². The Bertz CT molecular complexity index is 1340. The smallest absolute Gasteiger partial charge is 0.342 e. The molecule has 0 aliphatic carbocycles. The third kappa shape index (κ3) is 2.80. The molecule has 0 saturated heterocycles. The molecule has 0 spiro atoms. The van der Waals surface area contributed by atoms with Gasteiger partial charge in [0.25, 0.3) is 6.29 Å². The van der Waals surface area contributed by atoms with Gasteiger partial charge in [0.05, 0.1) is 23.8 Å². The minimum atomic E-state index is -0.917. The lowest BCUT2D eigenvalue weighted by molar-refractivity contribution is -0.152. The van der Waals surface area contributed by atoms with E-state index in [0.29, 0.717) is 33.6 Å². The normalized spacial score (nSPS) is 17.6. The largest absolute Gasteiger partial charge is 0.495 e. The summed E-state index contributed by atoms with van der Waals surface area (Å²) in [5, 5.41) is 0.648. The Labute approximate surface area is 172 Å². The number of hydrogen-bond acceptors (Lipinski definition) is 6. The number of aryl methyl sites for hydroxylation is 2. The van der Waals surface area contributed by atoms with Crippen LogP contribution in [-0.2, 0) is 14.3 Å². The van der Waals surface area contributed by atoms with Gasteiger partial charge < -0.3 is 18.6 Å². The number of carbonyl (C=O) groups excluding carboxylic acids is 1. The summed E-state index contributed by atoms with van der Waals surface area (Å²) in [6.07, 6.45) is 0.759. The quantitative estimate of drug-likeness (QED) is 0.474. The third-order valence-electron chi connectivity index (χ3n) is 5.26. The number of ether oxygens (including phenoxy) is 3. The molecule has 6 heteroatoms. The van der Waals surface area contributed by atoms with Crippen LogP contribution in [0.15, 0.2) is 63.3 Å². The molecule has 3 aromatic rings. The number of benzene rings is 2. The van der Waals surface area contributed by atoms with Crippen molar-refractivity contribution < 1.29 is 23.4 Å². The molecule has 5 rings (SSSR count). The van der Waals surface area contributed by atoms with E-state index >= 15 is 0 Å². The maximum Gasteiger partial charge on any atom is 0.342 e. The van der Waals surface area contributed by atoms with Gasteiger partial charge in [0.2, 0.25) is 0 Å². The van der Waals surface area contributed by atoms with Crippen molar-refractivity contribution in [1.29, 1.82) is 0 Å². The average molecular weight is 402 g/mol. The SMILES string of the molecule is COC1=C2C=C(c3cc(=O)oc4cc(C)ccc34)C(=O)OC2Oc2ccc(C)cc21. The van der Waals surface area contributed by atoms with E-state index in [9.17, 15) is 9.59 Å². The molecule has 1 aromatic heterocycles. The second-order valence-electron chi connectivity index (χ2n) is 7.38. The van der Waals surface area contributed by atoms with E-state index in [4.69, 9.17) is 18.6 Å². The molecule has 3 heterocycles. The minimum absolute atomic E-state index is 0.247. The Balaban J connectivity index is 1.76. The summed E-state index contributed by atoms with van der Waals surface area (Å²) in [5.41, 5.74) is 3.92. The van der Waals surface area contributed by atoms with E-state index in [2.05, 4.69) is 0 Å². The van der Waals surface area contributed by atoms with Crippen LogP contribution in [0.25, 0.3) is 22.3 Å². The minimum Gasteiger partial charge on any atom is -0.495 e. The summed E-state index contributed by atoms with van der Waals surface area (Å²) in [4.78, 5) is 25.0. The van der Waals surface area contributed by atoms with E-state index < -0.39 is 17.9 Å². The van der Waals surface area contributed by atoms with Gasteiger partial charge in [0.15, 0.2) is 0 Å². The van der Waals surface area contributed by atoms with Crippen LogP contribution < -0.4 is 10.4 Å². The molecule has 0 N–H and O–H groups in total. The third-order valence-corrected chi connectivity index (χ3v) is 5.26. The molecule has 0 bridgehead atoms. The van der Waals surface area contributed by atoms with Gasteiger partial charge in [-0.25, -0.2) is 9.59 Å². The van der Waals surface area contributed by atoms with Crippen molar-refractivity contribution in [1.82, 2.24) is 0 Å². The second kappa shape index (κ2) is 6.62. The molecule has 0 fully saturated rings. The van der Waals surface area contributed by atoms with E-state index in [1.54, 1.807) is 19.3 Å². The molecule has 1 unspecified atom stereocenters. The van der Waals surface area contributed by atoms with Gasteiger partial charge in [-0.15, -0.1) is 0 Å². The zero-order chi connectivity index (χ0) is 21.0. The first-order valence-corrected chi connectivity index (χ1v) is 9.48. The molecule has 150 valence electrons. The first-order chi connectivity index (χ1) is 14.4. The van der Waals surface area contributed by atoms with Crippen LogP contribution in [-0.4, -0.2) is 19.4 Å². The van der Waals surface area contributed by atoms with Crippen LogP contribution in [0.3, 0.4) is 0 Å². The Morgan fingerprint density at radius 3 is 2.47 bits per heavy atom. The Kier molecular flexibility index (Phi) is 4.03. The first kappa shape index (κ1) is 18.2. The van der Waals surface area contributed by atoms with Crippen molar-refractivity contribution >= 4 is 28.3 Å². The van der Waals surface area contributed by atoms with Crippen LogP contribution in [0.4, 0.5) is 0 Å². The maximum atomic E-state index is 12.9. The monoisotopic (exact) mass is 402 g/mol. The Morgan fingerprint density at radius 2 is 1.67 bits per heavy atom. The molecular formula is C24H18O6. The van der Waals surface area contributed by atoms with Crippen molar-refractivity contribution in [2.75, 3.05) is 7.11 Å². The molecule has 0 amide bonds.